The highest BCUT2D eigenvalue weighted by atomic mass is 32.2. The Kier molecular flexibility index (Phi) is 4.95. The van der Waals surface area contributed by atoms with Gasteiger partial charge in [-0.2, -0.15) is 0 Å². The summed E-state index contributed by atoms with van der Waals surface area (Å²) in [7, 11) is -3.23. The van der Waals surface area contributed by atoms with Crippen LogP contribution in [0.5, 0.6) is 0 Å². The van der Waals surface area contributed by atoms with Crippen LogP contribution in [-0.2, 0) is 21.3 Å². The van der Waals surface area contributed by atoms with Gasteiger partial charge in [-0.15, -0.1) is 0 Å². The molecule has 0 aliphatic carbocycles. The van der Waals surface area contributed by atoms with Gasteiger partial charge < -0.3 is 9.64 Å². The number of anilines is 1. The number of nitrogens with zero attached hydrogens (tertiary/aromatic N) is 2. The third kappa shape index (κ3) is 3.91. The van der Waals surface area contributed by atoms with Gasteiger partial charge in [-0.1, -0.05) is 6.07 Å². The second-order valence-electron chi connectivity index (χ2n) is 5.04. The van der Waals surface area contributed by atoms with Crippen molar-refractivity contribution < 1.29 is 13.2 Å². The summed E-state index contributed by atoms with van der Waals surface area (Å²) in [6, 6.07) is 3.82. The monoisotopic (exact) mass is 299 g/mol. The molecule has 1 N–H and O–H groups in total. The van der Waals surface area contributed by atoms with Gasteiger partial charge in [-0.3, -0.25) is 0 Å². The molecule has 2 heterocycles. The average Bonchev–Trinajstić information content (AvgIpc) is 2.46. The van der Waals surface area contributed by atoms with E-state index in [2.05, 4.69) is 14.6 Å². The van der Waals surface area contributed by atoms with Crippen molar-refractivity contribution in [3.63, 3.8) is 0 Å². The predicted octanol–water partition coefficient (Wildman–Crippen LogP) is 0.746. The number of aromatic nitrogens is 1. The molecule has 0 atom stereocenters. The van der Waals surface area contributed by atoms with Crippen LogP contribution < -0.4 is 9.62 Å². The first kappa shape index (κ1) is 15.2. The number of morpholine rings is 1. The number of hydrogen-bond acceptors (Lipinski definition) is 5. The lowest BCUT2D eigenvalue weighted by Crippen LogP contribution is -2.36. The highest BCUT2D eigenvalue weighted by molar-refractivity contribution is 7.90. The summed E-state index contributed by atoms with van der Waals surface area (Å²) < 4.78 is 31.2. The zero-order chi connectivity index (χ0) is 14.6. The minimum Gasteiger partial charge on any atom is -0.378 e. The molecule has 1 fully saturated rings. The second kappa shape index (κ2) is 6.51. The Bertz CT molecular complexity index is 522. The summed E-state index contributed by atoms with van der Waals surface area (Å²) in [5.41, 5.74) is 0.853. The molecule has 1 saturated heterocycles. The van der Waals surface area contributed by atoms with Crippen molar-refractivity contribution in [2.45, 2.75) is 25.6 Å². The normalized spacial score (nSPS) is 16.6. The molecule has 1 aromatic rings. The molecule has 112 valence electrons. The van der Waals surface area contributed by atoms with E-state index in [1.54, 1.807) is 20.0 Å². The first-order valence-electron chi connectivity index (χ1n) is 6.75. The minimum absolute atomic E-state index is 0.275. The van der Waals surface area contributed by atoms with Crippen LogP contribution in [0.4, 0.5) is 5.82 Å². The average molecular weight is 299 g/mol. The molecular weight excluding hydrogens is 278 g/mol. The Labute approximate surface area is 120 Å². The zero-order valence-electron chi connectivity index (χ0n) is 11.9. The van der Waals surface area contributed by atoms with Crippen molar-refractivity contribution in [3.05, 3.63) is 23.9 Å². The summed E-state index contributed by atoms with van der Waals surface area (Å²) in [6.45, 7) is 6.70. The van der Waals surface area contributed by atoms with E-state index in [0.29, 0.717) is 0 Å². The predicted molar refractivity (Wildman–Crippen MR) is 78.2 cm³/mol. The number of hydrogen-bond donors (Lipinski definition) is 1. The van der Waals surface area contributed by atoms with Gasteiger partial charge in [0.15, 0.2) is 0 Å². The van der Waals surface area contributed by atoms with Gasteiger partial charge in [0, 0.05) is 25.8 Å². The molecule has 6 nitrogen and oxygen atoms in total. The summed E-state index contributed by atoms with van der Waals surface area (Å²) in [5, 5.41) is -0.428. The van der Waals surface area contributed by atoms with E-state index in [1.807, 2.05) is 12.1 Å². The fourth-order valence-electron chi connectivity index (χ4n) is 1.85. The number of sulfonamides is 1. The SMILES string of the molecule is CC(C)S(=O)(=O)NCc1ccc(N2CCOCC2)nc1. The summed E-state index contributed by atoms with van der Waals surface area (Å²) in [4.78, 5) is 6.54. The Morgan fingerprint density at radius 2 is 2.05 bits per heavy atom. The van der Waals surface area contributed by atoms with E-state index in [4.69, 9.17) is 4.74 Å². The number of pyridine rings is 1. The van der Waals surface area contributed by atoms with Gasteiger partial charge >= 0.3 is 0 Å². The van der Waals surface area contributed by atoms with Crippen molar-refractivity contribution in [1.29, 1.82) is 0 Å². The van der Waals surface area contributed by atoms with Crippen LogP contribution in [-0.4, -0.2) is 45.0 Å². The largest absolute Gasteiger partial charge is 0.378 e. The van der Waals surface area contributed by atoms with Gasteiger partial charge in [-0.05, 0) is 25.5 Å². The van der Waals surface area contributed by atoms with E-state index < -0.39 is 15.3 Å². The van der Waals surface area contributed by atoms with Gasteiger partial charge in [0.25, 0.3) is 0 Å². The van der Waals surface area contributed by atoms with Crippen LogP contribution >= 0.6 is 0 Å². The lowest BCUT2D eigenvalue weighted by atomic mass is 10.3. The van der Waals surface area contributed by atoms with E-state index in [-0.39, 0.29) is 6.54 Å². The van der Waals surface area contributed by atoms with E-state index >= 15 is 0 Å². The van der Waals surface area contributed by atoms with E-state index in [9.17, 15) is 8.42 Å². The Hall–Kier alpha value is -1.18. The highest BCUT2D eigenvalue weighted by Gasteiger charge is 2.15. The van der Waals surface area contributed by atoms with Crippen LogP contribution in [0.25, 0.3) is 0 Å². The second-order valence-corrected chi connectivity index (χ2v) is 7.36. The molecule has 0 saturated carbocycles. The van der Waals surface area contributed by atoms with E-state index in [0.717, 1.165) is 37.7 Å². The number of rotatable bonds is 5. The molecule has 1 aliphatic heterocycles. The Balaban J connectivity index is 1.94. The minimum atomic E-state index is -3.23. The highest BCUT2D eigenvalue weighted by Crippen LogP contribution is 2.13. The Morgan fingerprint density at radius 3 is 2.60 bits per heavy atom. The number of ether oxygens (including phenoxy) is 1. The summed E-state index contributed by atoms with van der Waals surface area (Å²) in [5.74, 6) is 0.906. The smallest absolute Gasteiger partial charge is 0.214 e. The van der Waals surface area contributed by atoms with Crippen molar-refractivity contribution in [2.75, 3.05) is 31.2 Å². The van der Waals surface area contributed by atoms with Crippen LogP contribution in [0.3, 0.4) is 0 Å². The lowest BCUT2D eigenvalue weighted by Gasteiger charge is -2.27. The molecule has 0 bridgehead atoms. The molecule has 0 amide bonds. The van der Waals surface area contributed by atoms with Gasteiger partial charge in [0.05, 0.1) is 18.5 Å². The molecule has 0 aromatic carbocycles. The molecule has 20 heavy (non-hydrogen) atoms. The molecule has 1 aliphatic rings. The van der Waals surface area contributed by atoms with Crippen LogP contribution in [0.15, 0.2) is 18.3 Å². The molecule has 0 spiro atoms. The molecule has 2 rings (SSSR count). The molecule has 0 unspecified atom stereocenters. The number of nitrogens with one attached hydrogen (secondary N) is 1. The zero-order valence-corrected chi connectivity index (χ0v) is 12.7. The maximum absolute atomic E-state index is 11.7. The van der Waals surface area contributed by atoms with Crippen LogP contribution in [0.1, 0.15) is 19.4 Å². The van der Waals surface area contributed by atoms with Crippen molar-refractivity contribution in [1.82, 2.24) is 9.71 Å². The first-order valence-corrected chi connectivity index (χ1v) is 8.30. The van der Waals surface area contributed by atoms with Crippen molar-refractivity contribution in [2.24, 2.45) is 0 Å². The maximum atomic E-state index is 11.7. The third-order valence-electron chi connectivity index (χ3n) is 3.24. The van der Waals surface area contributed by atoms with Crippen molar-refractivity contribution >= 4 is 15.8 Å². The van der Waals surface area contributed by atoms with Crippen molar-refractivity contribution in [3.8, 4) is 0 Å². The van der Waals surface area contributed by atoms with Crippen LogP contribution in [0, 0.1) is 0 Å². The first-order chi connectivity index (χ1) is 9.49. The summed E-state index contributed by atoms with van der Waals surface area (Å²) >= 11 is 0. The van der Waals surface area contributed by atoms with E-state index in [1.165, 1.54) is 0 Å². The van der Waals surface area contributed by atoms with Gasteiger partial charge in [0.1, 0.15) is 5.82 Å². The standard InChI is InChI=1S/C13H21N3O3S/c1-11(2)20(17,18)15-10-12-3-4-13(14-9-12)16-5-7-19-8-6-16/h3-4,9,11,15H,5-8,10H2,1-2H3. The molecule has 0 radical (unpaired) electrons. The topological polar surface area (TPSA) is 71.5 Å². The van der Waals surface area contributed by atoms with Gasteiger partial charge in [0.2, 0.25) is 10.0 Å². The third-order valence-corrected chi connectivity index (χ3v) is 5.03. The fraction of sp³-hybridized carbons (Fsp3) is 0.615. The summed E-state index contributed by atoms with van der Waals surface area (Å²) in [6.07, 6.45) is 1.72. The van der Waals surface area contributed by atoms with Crippen LogP contribution in [0.2, 0.25) is 0 Å². The quantitative estimate of drug-likeness (QED) is 0.868. The fourth-order valence-corrected chi connectivity index (χ4v) is 2.55. The molecular formula is C13H21N3O3S. The van der Waals surface area contributed by atoms with Gasteiger partial charge in [-0.25, -0.2) is 18.1 Å². The maximum Gasteiger partial charge on any atom is 0.214 e. The molecule has 1 aromatic heterocycles. The lowest BCUT2D eigenvalue weighted by molar-refractivity contribution is 0.122. The molecule has 7 heteroatoms. The Morgan fingerprint density at radius 1 is 1.35 bits per heavy atom.